The van der Waals surface area contributed by atoms with Crippen LogP contribution in [0.3, 0.4) is 0 Å². The second kappa shape index (κ2) is 6.46. The Kier molecular flexibility index (Phi) is 4.02. The number of carbonyl (C=O) groups is 1. The average Bonchev–Trinajstić information content (AvgIpc) is 3.26. The zero-order chi connectivity index (χ0) is 16.4. The molecule has 1 aliphatic rings. The van der Waals surface area contributed by atoms with Crippen molar-refractivity contribution in [3.63, 3.8) is 0 Å². The molecule has 2 aromatic heterocycles. The summed E-state index contributed by atoms with van der Waals surface area (Å²) in [5.41, 5.74) is 2.24. The summed E-state index contributed by atoms with van der Waals surface area (Å²) < 4.78 is 15.8. The van der Waals surface area contributed by atoms with E-state index >= 15 is 0 Å². The minimum atomic E-state index is -0.287. The summed E-state index contributed by atoms with van der Waals surface area (Å²) in [6, 6.07) is 8.77. The van der Waals surface area contributed by atoms with Crippen LogP contribution in [0, 0.1) is 0 Å². The van der Waals surface area contributed by atoms with Crippen molar-refractivity contribution in [3.05, 3.63) is 48.0 Å². The van der Waals surface area contributed by atoms with Crippen LogP contribution < -0.4 is 5.32 Å². The molecule has 3 aromatic rings. The molecule has 0 spiro atoms. The van der Waals surface area contributed by atoms with Crippen molar-refractivity contribution in [2.75, 3.05) is 31.6 Å². The standard InChI is InChI=1S/C17H17N3O4/c21-17(16-2-1-7-23-16)18-12-3-4-15-13(10-12)14(19-24-15)11-20-5-8-22-9-6-20/h1-4,7,10H,5-6,8-9,11H2,(H,18,21). The minimum absolute atomic E-state index is 0.272. The Morgan fingerprint density at radius 1 is 1.25 bits per heavy atom. The number of amides is 1. The van der Waals surface area contributed by atoms with Crippen LogP contribution in [0.25, 0.3) is 11.0 Å². The predicted octanol–water partition coefficient (Wildman–Crippen LogP) is 2.51. The number of ether oxygens (including phenoxy) is 1. The van der Waals surface area contributed by atoms with E-state index in [1.165, 1.54) is 6.26 Å². The van der Waals surface area contributed by atoms with Crippen LogP contribution in [-0.2, 0) is 11.3 Å². The molecule has 1 saturated heterocycles. The van der Waals surface area contributed by atoms with Gasteiger partial charge in [-0.1, -0.05) is 5.16 Å². The molecule has 7 heteroatoms. The maximum Gasteiger partial charge on any atom is 0.291 e. The van der Waals surface area contributed by atoms with Gasteiger partial charge in [-0.2, -0.15) is 0 Å². The Bertz CT molecular complexity index is 835. The molecule has 24 heavy (non-hydrogen) atoms. The smallest absolute Gasteiger partial charge is 0.291 e. The largest absolute Gasteiger partial charge is 0.459 e. The van der Waals surface area contributed by atoms with Crippen LogP contribution in [0.2, 0.25) is 0 Å². The first-order valence-electron chi connectivity index (χ1n) is 7.83. The molecule has 1 N–H and O–H groups in total. The molecule has 1 fully saturated rings. The van der Waals surface area contributed by atoms with Crippen molar-refractivity contribution in [1.82, 2.24) is 10.1 Å². The Morgan fingerprint density at radius 3 is 2.92 bits per heavy atom. The second-order valence-electron chi connectivity index (χ2n) is 5.66. The number of aromatic nitrogens is 1. The molecule has 124 valence electrons. The van der Waals surface area contributed by atoms with E-state index in [9.17, 15) is 4.79 Å². The molecule has 3 heterocycles. The van der Waals surface area contributed by atoms with Crippen LogP contribution in [0.15, 0.2) is 45.5 Å². The van der Waals surface area contributed by atoms with Gasteiger partial charge >= 0.3 is 0 Å². The molecular weight excluding hydrogens is 310 g/mol. The first-order chi connectivity index (χ1) is 11.8. The van der Waals surface area contributed by atoms with Crippen molar-refractivity contribution < 1.29 is 18.5 Å². The van der Waals surface area contributed by atoms with Crippen LogP contribution in [0.1, 0.15) is 16.2 Å². The van der Waals surface area contributed by atoms with Gasteiger partial charge in [0.1, 0.15) is 5.69 Å². The zero-order valence-electron chi connectivity index (χ0n) is 13.0. The SMILES string of the molecule is O=C(Nc1ccc2onc(CN3CCOCC3)c2c1)c1ccco1. The maximum atomic E-state index is 12.1. The summed E-state index contributed by atoms with van der Waals surface area (Å²) >= 11 is 0. The van der Waals surface area contributed by atoms with E-state index in [2.05, 4.69) is 15.4 Å². The quantitative estimate of drug-likeness (QED) is 0.793. The minimum Gasteiger partial charge on any atom is -0.459 e. The fraction of sp³-hybridized carbons (Fsp3) is 0.294. The van der Waals surface area contributed by atoms with Crippen molar-refractivity contribution >= 4 is 22.6 Å². The number of hydrogen-bond donors (Lipinski definition) is 1. The number of furan rings is 1. The highest BCUT2D eigenvalue weighted by Gasteiger charge is 2.16. The number of carbonyl (C=O) groups excluding carboxylic acids is 1. The predicted molar refractivity (Wildman–Crippen MR) is 86.8 cm³/mol. The van der Waals surface area contributed by atoms with E-state index < -0.39 is 0 Å². The maximum absolute atomic E-state index is 12.1. The molecule has 7 nitrogen and oxygen atoms in total. The lowest BCUT2D eigenvalue weighted by molar-refractivity contribution is 0.0334. The van der Waals surface area contributed by atoms with Crippen molar-refractivity contribution in [3.8, 4) is 0 Å². The van der Waals surface area contributed by atoms with Crippen molar-refractivity contribution in [2.45, 2.75) is 6.54 Å². The molecule has 4 rings (SSSR count). The first kappa shape index (κ1) is 14.9. The number of fused-ring (bicyclic) bond motifs is 1. The van der Waals surface area contributed by atoms with E-state index in [1.807, 2.05) is 12.1 Å². The lowest BCUT2D eigenvalue weighted by Gasteiger charge is -2.25. The highest BCUT2D eigenvalue weighted by atomic mass is 16.5. The van der Waals surface area contributed by atoms with Gasteiger partial charge < -0.3 is 19.0 Å². The van der Waals surface area contributed by atoms with E-state index in [0.29, 0.717) is 17.8 Å². The Labute approximate surface area is 138 Å². The third kappa shape index (κ3) is 3.04. The van der Waals surface area contributed by atoms with Gasteiger partial charge in [-0.25, -0.2) is 0 Å². The lowest BCUT2D eigenvalue weighted by atomic mass is 10.2. The number of benzene rings is 1. The summed E-state index contributed by atoms with van der Waals surface area (Å²) in [6.45, 7) is 3.93. The highest BCUT2D eigenvalue weighted by Crippen LogP contribution is 2.24. The molecule has 0 bridgehead atoms. The van der Waals surface area contributed by atoms with E-state index in [0.717, 1.165) is 37.4 Å². The third-order valence-electron chi connectivity index (χ3n) is 4.02. The number of anilines is 1. The van der Waals surface area contributed by atoms with Crippen molar-refractivity contribution in [2.24, 2.45) is 0 Å². The fourth-order valence-corrected chi connectivity index (χ4v) is 2.75. The normalized spacial score (nSPS) is 15.7. The Morgan fingerprint density at radius 2 is 2.12 bits per heavy atom. The van der Waals surface area contributed by atoms with E-state index in [4.69, 9.17) is 13.7 Å². The summed E-state index contributed by atoms with van der Waals surface area (Å²) in [7, 11) is 0. The summed E-state index contributed by atoms with van der Waals surface area (Å²) in [5, 5.41) is 7.89. The van der Waals surface area contributed by atoms with E-state index in [-0.39, 0.29) is 11.7 Å². The fourth-order valence-electron chi connectivity index (χ4n) is 2.75. The van der Waals surface area contributed by atoms with Crippen LogP contribution in [0.4, 0.5) is 5.69 Å². The van der Waals surface area contributed by atoms with Crippen LogP contribution in [0.5, 0.6) is 0 Å². The number of nitrogens with one attached hydrogen (secondary N) is 1. The monoisotopic (exact) mass is 327 g/mol. The van der Waals surface area contributed by atoms with Crippen LogP contribution >= 0.6 is 0 Å². The van der Waals surface area contributed by atoms with Gasteiger partial charge in [-0.3, -0.25) is 9.69 Å². The molecule has 0 aliphatic carbocycles. The van der Waals surface area contributed by atoms with Gasteiger partial charge in [0, 0.05) is 30.7 Å². The Balaban J connectivity index is 1.55. The summed E-state index contributed by atoms with van der Waals surface area (Å²) in [6.07, 6.45) is 1.47. The van der Waals surface area contributed by atoms with Gasteiger partial charge in [0.2, 0.25) is 0 Å². The van der Waals surface area contributed by atoms with Gasteiger partial charge in [0.25, 0.3) is 5.91 Å². The van der Waals surface area contributed by atoms with Gasteiger partial charge in [-0.15, -0.1) is 0 Å². The molecule has 0 unspecified atom stereocenters. The number of morpholine rings is 1. The number of rotatable bonds is 4. The highest BCUT2D eigenvalue weighted by molar-refractivity contribution is 6.03. The number of hydrogen-bond acceptors (Lipinski definition) is 6. The molecule has 1 amide bonds. The second-order valence-corrected chi connectivity index (χ2v) is 5.66. The summed E-state index contributed by atoms with van der Waals surface area (Å²) in [5.74, 6) is -0.0144. The molecule has 0 saturated carbocycles. The number of nitrogens with zero attached hydrogens (tertiary/aromatic N) is 2. The topological polar surface area (TPSA) is 80.7 Å². The molecule has 1 aromatic carbocycles. The molecule has 0 atom stereocenters. The van der Waals surface area contributed by atoms with E-state index in [1.54, 1.807) is 18.2 Å². The third-order valence-corrected chi connectivity index (χ3v) is 4.02. The molecular formula is C17H17N3O4. The van der Waals surface area contributed by atoms with Gasteiger partial charge in [0.05, 0.1) is 19.5 Å². The van der Waals surface area contributed by atoms with Gasteiger partial charge in [0.15, 0.2) is 11.3 Å². The Hall–Kier alpha value is -2.64. The molecule has 0 radical (unpaired) electrons. The van der Waals surface area contributed by atoms with Crippen LogP contribution in [-0.4, -0.2) is 42.3 Å². The van der Waals surface area contributed by atoms with Crippen molar-refractivity contribution in [1.29, 1.82) is 0 Å². The zero-order valence-corrected chi connectivity index (χ0v) is 13.0. The first-order valence-corrected chi connectivity index (χ1v) is 7.83. The lowest BCUT2D eigenvalue weighted by Crippen LogP contribution is -2.35. The average molecular weight is 327 g/mol. The summed E-state index contributed by atoms with van der Waals surface area (Å²) in [4.78, 5) is 14.4. The molecule has 1 aliphatic heterocycles. The van der Waals surface area contributed by atoms with Gasteiger partial charge in [-0.05, 0) is 30.3 Å².